The van der Waals surface area contributed by atoms with Gasteiger partial charge in [0.2, 0.25) is 5.88 Å². The summed E-state index contributed by atoms with van der Waals surface area (Å²) in [5.74, 6) is 1.07. The zero-order valence-corrected chi connectivity index (χ0v) is 13.3. The fourth-order valence-electron chi connectivity index (χ4n) is 2.97. The van der Waals surface area contributed by atoms with Crippen LogP contribution in [0.4, 0.5) is 0 Å². The van der Waals surface area contributed by atoms with Gasteiger partial charge in [-0.15, -0.1) is 0 Å². The van der Waals surface area contributed by atoms with E-state index in [1.807, 2.05) is 36.4 Å². The number of carbonyl (C=O) groups is 1. The summed E-state index contributed by atoms with van der Waals surface area (Å²) in [4.78, 5) is 18.7. The molecule has 1 amide bonds. The van der Waals surface area contributed by atoms with Crippen molar-refractivity contribution in [3.63, 3.8) is 0 Å². The van der Waals surface area contributed by atoms with E-state index in [2.05, 4.69) is 10.1 Å². The number of likely N-dealkylation sites (tertiary alicyclic amines) is 1. The fraction of sp³-hybridized carbons (Fsp3) is 0.278. The minimum Gasteiger partial charge on any atom is -0.472 e. The molecule has 6 nitrogen and oxygen atoms in total. The van der Waals surface area contributed by atoms with Crippen molar-refractivity contribution in [3.05, 3.63) is 53.9 Å². The Kier molecular flexibility index (Phi) is 3.65. The van der Waals surface area contributed by atoms with Crippen molar-refractivity contribution in [1.82, 2.24) is 15.0 Å². The second-order valence-corrected chi connectivity index (χ2v) is 5.92. The highest BCUT2D eigenvalue weighted by molar-refractivity contribution is 5.95. The maximum absolute atomic E-state index is 12.5. The first-order valence-corrected chi connectivity index (χ1v) is 7.94. The summed E-state index contributed by atoms with van der Waals surface area (Å²) in [6, 6.07) is 11.8. The Morgan fingerprint density at radius 1 is 1.29 bits per heavy atom. The predicted octanol–water partition coefficient (Wildman–Crippen LogP) is 2.82. The number of carbonyl (C=O) groups excluding carboxylic acids is 1. The third-order valence-corrected chi connectivity index (χ3v) is 4.27. The third-order valence-electron chi connectivity index (χ3n) is 4.27. The summed E-state index contributed by atoms with van der Waals surface area (Å²) in [5, 5.41) is 4.75. The molecule has 1 fully saturated rings. The van der Waals surface area contributed by atoms with Crippen LogP contribution in [-0.4, -0.2) is 40.1 Å². The molecule has 0 saturated carbocycles. The molecule has 1 saturated heterocycles. The van der Waals surface area contributed by atoms with E-state index < -0.39 is 0 Å². The van der Waals surface area contributed by atoms with E-state index in [1.165, 1.54) is 6.20 Å². The number of hydrogen-bond acceptors (Lipinski definition) is 5. The second kappa shape index (κ2) is 5.96. The van der Waals surface area contributed by atoms with Crippen LogP contribution in [0.1, 0.15) is 22.5 Å². The lowest BCUT2D eigenvalue weighted by Gasteiger charge is -2.16. The Hall–Kier alpha value is -2.89. The monoisotopic (exact) mass is 323 g/mol. The number of rotatable bonds is 3. The summed E-state index contributed by atoms with van der Waals surface area (Å²) >= 11 is 0. The first kappa shape index (κ1) is 14.7. The molecular formula is C18H17N3O3. The van der Waals surface area contributed by atoms with Crippen LogP contribution in [0.3, 0.4) is 0 Å². The number of aryl methyl sites for hydroxylation is 1. The van der Waals surface area contributed by atoms with Crippen LogP contribution in [0.15, 0.2) is 47.1 Å². The zero-order valence-electron chi connectivity index (χ0n) is 13.3. The highest BCUT2D eigenvalue weighted by atomic mass is 16.5. The Morgan fingerprint density at radius 3 is 3.00 bits per heavy atom. The van der Waals surface area contributed by atoms with Crippen molar-refractivity contribution in [3.8, 4) is 5.88 Å². The van der Waals surface area contributed by atoms with Gasteiger partial charge >= 0.3 is 0 Å². The molecule has 1 atom stereocenters. The molecule has 0 aliphatic carbocycles. The van der Waals surface area contributed by atoms with Gasteiger partial charge in [0.05, 0.1) is 18.3 Å². The zero-order chi connectivity index (χ0) is 16.5. The molecule has 3 aromatic rings. The smallest absolute Gasteiger partial charge is 0.259 e. The van der Waals surface area contributed by atoms with Gasteiger partial charge in [0.15, 0.2) is 0 Å². The van der Waals surface area contributed by atoms with Crippen molar-refractivity contribution < 1.29 is 14.1 Å². The molecule has 6 heteroatoms. The molecule has 0 spiro atoms. The lowest BCUT2D eigenvalue weighted by atomic mass is 10.2. The Bertz CT molecular complexity index is 890. The minimum absolute atomic E-state index is 0.0530. The molecule has 24 heavy (non-hydrogen) atoms. The highest BCUT2D eigenvalue weighted by Gasteiger charge is 2.30. The second-order valence-electron chi connectivity index (χ2n) is 5.92. The van der Waals surface area contributed by atoms with E-state index in [-0.39, 0.29) is 12.0 Å². The molecule has 2 aromatic heterocycles. The van der Waals surface area contributed by atoms with Gasteiger partial charge in [-0.25, -0.2) is 4.98 Å². The summed E-state index contributed by atoms with van der Waals surface area (Å²) in [5.41, 5.74) is 1.42. The molecule has 0 radical (unpaired) electrons. The Balaban J connectivity index is 1.45. The fourth-order valence-corrected chi connectivity index (χ4v) is 2.97. The number of pyridine rings is 1. The quantitative estimate of drug-likeness (QED) is 0.741. The number of fused-ring (bicyclic) bond motifs is 1. The predicted molar refractivity (Wildman–Crippen MR) is 87.9 cm³/mol. The van der Waals surface area contributed by atoms with E-state index in [9.17, 15) is 4.79 Å². The van der Waals surface area contributed by atoms with Crippen LogP contribution in [0.5, 0.6) is 5.88 Å². The molecule has 1 aliphatic heterocycles. The Morgan fingerprint density at radius 2 is 2.17 bits per heavy atom. The SMILES string of the molecule is Cc1oncc1C(=O)N1CCC(Oc2ccc3ccccc3n2)C1. The lowest BCUT2D eigenvalue weighted by Crippen LogP contribution is -2.31. The molecule has 1 aliphatic rings. The molecule has 3 heterocycles. The maximum Gasteiger partial charge on any atom is 0.259 e. The summed E-state index contributed by atoms with van der Waals surface area (Å²) in [6.07, 6.45) is 2.20. The summed E-state index contributed by atoms with van der Waals surface area (Å²) < 4.78 is 10.9. The maximum atomic E-state index is 12.5. The van der Waals surface area contributed by atoms with E-state index in [4.69, 9.17) is 9.26 Å². The average molecular weight is 323 g/mol. The van der Waals surface area contributed by atoms with Gasteiger partial charge in [-0.3, -0.25) is 4.79 Å². The van der Waals surface area contributed by atoms with Crippen molar-refractivity contribution in [1.29, 1.82) is 0 Å². The number of para-hydroxylation sites is 1. The van der Waals surface area contributed by atoms with Gasteiger partial charge in [-0.1, -0.05) is 23.4 Å². The molecule has 0 N–H and O–H groups in total. The molecule has 0 bridgehead atoms. The number of hydrogen-bond donors (Lipinski definition) is 0. The van der Waals surface area contributed by atoms with Crippen LogP contribution < -0.4 is 4.74 Å². The highest BCUT2D eigenvalue weighted by Crippen LogP contribution is 2.22. The van der Waals surface area contributed by atoms with Crippen molar-refractivity contribution in [2.45, 2.75) is 19.4 Å². The summed E-state index contributed by atoms with van der Waals surface area (Å²) in [7, 11) is 0. The minimum atomic E-state index is -0.0636. The summed E-state index contributed by atoms with van der Waals surface area (Å²) in [6.45, 7) is 2.93. The number of aromatic nitrogens is 2. The van der Waals surface area contributed by atoms with E-state index in [0.717, 1.165) is 17.3 Å². The van der Waals surface area contributed by atoms with Gasteiger partial charge in [-0.2, -0.15) is 0 Å². The third kappa shape index (κ3) is 2.71. The molecule has 122 valence electrons. The van der Waals surface area contributed by atoms with Crippen LogP contribution in [0.25, 0.3) is 10.9 Å². The van der Waals surface area contributed by atoms with E-state index in [0.29, 0.717) is 30.3 Å². The lowest BCUT2D eigenvalue weighted by molar-refractivity contribution is 0.0769. The number of nitrogens with zero attached hydrogens (tertiary/aromatic N) is 3. The van der Waals surface area contributed by atoms with Gasteiger partial charge in [0, 0.05) is 24.4 Å². The average Bonchev–Trinajstić information content (AvgIpc) is 3.23. The van der Waals surface area contributed by atoms with E-state index >= 15 is 0 Å². The van der Waals surface area contributed by atoms with Crippen molar-refractivity contribution in [2.75, 3.05) is 13.1 Å². The number of amides is 1. The van der Waals surface area contributed by atoms with Crippen LogP contribution in [-0.2, 0) is 0 Å². The van der Waals surface area contributed by atoms with Gasteiger partial charge in [-0.05, 0) is 19.1 Å². The molecule has 4 rings (SSSR count). The van der Waals surface area contributed by atoms with Gasteiger partial charge in [0.1, 0.15) is 17.4 Å². The molecular weight excluding hydrogens is 306 g/mol. The Labute approximate surface area is 139 Å². The van der Waals surface area contributed by atoms with Crippen molar-refractivity contribution in [2.24, 2.45) is 0 Å². The van der Waals surface area contributed by atoms with Crippen LogP contribution >= 0.6 is 0 Å². The topological polar surface area (TPSA) is 68.5 Å². The standard InChI is InChI=1S/C18H17N3O3/c1-12-15(10-19-24-12)18(22)21-9-8-14(11-21)23-17-7-6-13-4-2-3-5-16(13)20-17/h2-7,10,14H,8-9,11H2,1H3. The van der Waals surface area contributed by atoms with Crippen molar-refractivity contribution >= 4 is 16.8 Å². The largest absolute Gasteiger partial charge is 0.472 e. The molecule has 1 aromatic carbocycles. The van der Waals surface area contributed by atoms with Crippen LogP contribution in [0, 0.1) is 6.92 Å². The van der Waals surface area contributed by atoms with Gasteiger partial charge in [0.25, 0.3) is 5.91 Å². The first-order valence-electron chi connectivity index (χ1n) is 7.94. The first-order chi connectivity index (χ1) is 11.7. The normalized spacial score (nSPS) is 17.4. The van der Waals surface area contributed by atoms with E-state index in [1.54, 1.807) is 11.8 Å². The number of benzene rings is 1. The van der Waals surface area contributed by atoms with Gasteiger partial charge < -0.3 is 14.2 Å². The number of ether oxygens (including phenoxy) is 1. The molecule has 1 unspecified atom stereocenters. The van der Waals surface area contributed by atoms with Crippen LogP contribution in [0.2, 0.25) is 0 Å².